The Hall–Kier alpha value is -2.49. The highest BCUT2D eigenvalue weighted by atomic mass is 15.2. The van der Waals surface area contributed by atoms with Gasteiger partial charge in [-0.25, -0.2) is 19.9 Å². The lowest BCUT2D eigenvalue weighted by molar-refractivity contribution is 0.643. The van der Waals surface area contributed by atoms with Gasteiger partial charge in [-0.15, -0.1) is 0 Å². The monoisotopic (exact) mass is 229 g/mol. The second kappa shape index (κ2) is 4.57. The van der Waals surface area contributed by atoms with Crippen molar-refractivity contribution >= 4 is 23.3 Å². The smallest absolute Gasteiger partial charge is 0.184 e. The van der Waals surface area contributed by atoms with Gasteiger partial charge in [0, 0.05) is 14.1 Å². The topological polar surface area (TPSA) is 83.0 Å². The van der Waals surface area contributed by atoms with E-state index in [0.29, 0.717) is 17.0 Å². The molecule has 7 heteroatoms. The fourth-order valence-corrected chi connectivity index (χ4v) is 1.32. The summed E-state index contributed by atoms with van der Waals surface area (Å²) in [5, 5.41) is 8.66. The molecule has 0 unspecified atom stereocenters. The van der Waals surface area contributed by atoms with Crippen molar-refractivity contribution in [1.29, 1.82) is 5.26 Å². The van der Waals surface area contributed by atoms with E-state index >= 15 is 0 Å². The third-order valence-electron chi connectivity index (χ3n) is 2.03. The zero-order chi connectivity index (χ0) is 12.3. The highest BCUT2D eigenvalue weighted by Gasteiger charge is 2.08. The molecule has 86 valence electrons. The molecular formula is C10H11N7. The average molecular weight is 229 g/mol. The summed E-state index contributed by atoms with van der Waals surface area (Å²) in [6, 6.07) is 2.05. The molecule has 0 aliphatic carbocycles. The third kappa shape index (κ3) is 2.20. The number of hydrogen-bond donors (Lipinski definition) is 0. The second-order valence-corrected chi connectivity index (χ2v) is 3.61. The molecule has 0 fully saturated rings. The van der Waals surface area contributed by atoms with Crippen LogP contribution in [0.25, 0.3) is 11.2 Å². The lowest BCUT2D eigenvalue weighted by atomic mass is 10.5. The van der Waals surface area contributed by atoms with Crippen LogP contribution in [0.2, 0.25) is 0 Å². The molecule has 2 aromatic heterocycles. The molecule has 0 radical (unpaired) electrons. The zero-order valence-electron chi connectivity index (χ0n) is 9.57. The molecule has 0 aliphatic rings. The molecule has 0 aliphatic heterocycles. The number of aliphatic imine (C=N–C) groups is 1. The highest BCUT2D eigenvalue weighted by molar-refractivity contribution is 5.82. The first-order chi connectivity index (χ1) is 8.22. The number of imidazole rings is 1. The Morgan fingerprint density at radius 3 is 3.00 bits per heavy atom. The molecular weight excluding hydrogens is 218 g/mol. The molecule has 0 saturated carbocycles. The van der Waals surface area contributed by atoms with Gasteiger partial charge in [0.1, 0.15) is 12.9 Å². The fourth-order valence-electron chi connectivity index (χ4n) is 1.32. The van der Waals surface area contributed by atoms with Crippen LogP contribution < -0.4 is 0 Å². The highest BCUT2D eigenvalue weighted by Crippen LogP contribution is 2.19. The van der Waals surface area contributed by atoms with Crippen LogP contribution in [0.3, 0.4) is 0 Å². The number of aromatic nitrogens is 4. The maximum atomic E-state index is 8.66. The summed E-state index contributed by atoms with van der Waals surface area (Å²) in [5.74, 6) is 0.500. The molecule has 0 atom stereocenters. The largest absolute Gasteiger partial charge is 0.369 e. The summed E-state index contributed by atoms with van der Waals surface area (Å²) in [6.07, 6.45) is 4.63. The minimum atomic E-state index is 0.213. The van der Waals surface area contributed by atoms with Crippen molar-refractivity contribution in [3.8, 4) is 6.07 Å². The molecule has 0 saturated heterocycles. The SMILES string of the molecule is CN(C)/C=N/c1ncnc2c1ncn2CC#N. The zero-order valence-corrected chi connectivity index (χ0v) is 9.57. The second-order valence-electron chi connectivity index (χ2n) is 3.61. The van der Waals surface area contributed by atoms with E-state index in [1.807, 2.05) is 20.2 Å². The van der Waals surface area contributed by atoms with Gasteiger partial charge in [-0.2, -0.15) is 5.26 Å². The molecule has 0 aromatic carbocycles. The van der Waals surface area contributed by atoms with Gasteiger partial charge in [0.2, 0.25) is 0 Å². The van der Waals surface area contributed by atoms with E-state index in [1.54, 1.807) is 22.1 Å². The summed E-state index contributed by atoms with van der Waals surface area (Å²) in [5.41, 5.74) is 1.22. The van der Waals surface area contributed by atoms with Crippen molar-refractivity contribution in [1.82, 2.24) is 24.4 Å². The van der Waals surface area contributed by atoms with Gasteiger partial charge in [-0.3, -0.25) is 0 Å². The minimum absolute atomic E-state index is 0.213. The molecule has 0 amide bonds. The lowest BCUT2D eigenvalue weighted by Gasteiger charge is -2.02. The average Bonchev–Trinajstić information content (AvgIpc) is 2.71. The Bertz CT molecular complexity index is 590. The van der Waals surface area contributed by atoms with Crippen molar-refractivity contribution in [2.75, 3.05) is 14.1 Å². The molecule has 2 aromatic rings. The Labute approximate surface area is 98.1 Å². The minimum Gasteiger partial charge on any atom is -0.369 e. The Kier molecular flexibility index (Phi) is 2.96. The van der Waals surface area contributed by atoms with Gasteiger partial charge in [0.15, 0.2) is 17.0 Å². The molecule has 0 spiro atoms. The van der Waals surface area contributed by atoms with Gasteiger partial charge in [0.05, 0.1) is 18.7 Å². The van der Waals surface area contributed by atoms with Crippen molar-refractivity contribution in [3.05, 3.63) is 12.7 Å². The van der Waals surface area contributed by atoms with Crippen LogP contribution in [-0.2, 0) is 6.54 Å². The number of nitriles is 1. The Morgan fingerprint density at radius 1 is 1.47 bits per heavy atom. The van der Waals surface area contributed by atoms with Crippen LogP contribution in [0, 0.1) is 11.3 Å². The van der Waals surface area contributed by atoms with Crippen LogP contribution in [-0.4, -0.2) is 44.9 Å². The van der Waals surface area contributed by atoms with E-state index in [4.69, 9.17) is 5.26 Å². The summed E-state index contributed by atoms with van der Waals surface area (Å²) >= 11 is 0. The van der Waals surface area contributed by atoms with Gasteiger partial charge in [-0.1, -0.05) is 0 Å². The lowest BCUT2D eigenvalue weighted by Crippen LogP contribution is -2.07. The third-order valence-corrected chi connectivity index (χ3v) is 2.03. The van der Waals surface area contributed by atoms with Crippen molar-refractivity contribution in [2.24, 2.45) is 4.99 Å². The van der Waals surface area contributed by atoms with Gasteiger partial charge < -0.3 is 9.47 Å². The van der Waals surface area contributed by atoms with Crippen LogP contribution in [0.15, 0.2) is 17.6 Å². The van der Waals surface area contributed by atoms with E-state index in [9.17, 15) is 0 Å². The van der Waals surface area contributed by atoms with E-state index in [1.165, 1.54) is 6.33 Å². The number of rotatable bonds is 3. The summed E-state index contributed by atoms with van der Waals surface area (Å²) in [6.45, 7) is 0.213. The first-order valence-electron chi connectivity index (χ1n) is 4.96. The molecule has 0 N–H and O–H groups in total. The number of fused-ring (bicyclic) bond motifs is 1. The normalized spacial score (nSPS) is 10.9. The van der Waals surface area contributed by atoms with Crippen molar-refractivity contribution < 1.29 is 0 Å². The molecule has 2 heterocycles. The van der Waals surface area contributed by atoms with Crippen LogP contribution in [0.4, 0.5) is 5.82 Å². The first kappa shape index (κ1) is 11.0. The fraction of sp³-hybridized carbons (Fsp3) is 0.300. The summed E-state index contributed by atoms with van der Waals surface area (Å²) in [7, 11) is 3.74. The summed E-state index contributed by atoms with van der Waals surface area (Å²) in [4.78, 5) is 18.3. The standard InChI is InChI=1S/C10H11N7/c1-16(2)6-15-9-8-10(13-5-12-9)17(4-3-11)7-14-8/h5-7H,4H2,1-2H3/b15-6+. The van der Waals surface area contributed by atoms with Gasteiger partial charge in [-0.05, 0) is 0 Å². The van der Waals surface area contributed by atoms with E-state index in [-0.39, 0.29) is 6.54 Å². The van der Waals surface area contributed by atoms with E-state index in [2.05, 4.69) is 19.9 Å². The summed E-state index contributed by atoms with van der Waals surface area (Å²) < 4.78 is 1.66. The van der Waals surface area contributed by atoms with Gasteiger partial charge >= 0.3 is 0 Å². The first-order valence-corrected chi connectivity index (χ1v) is 4.96. The predicted molar refractivity (Wildman–Crippen MR) is 62.8 cm³/mol. The van der Waals surface area contributed by atoms with Crippen LogP contribution in [0.1, 0.15) is 0 Å². The Balaban J connectivity index is 2.49. The van der Waals surface area contributed by atoms with Crippen molar-refractivity contribution in [3.63, 3.8) is 0 Å². The quantitative estimate of drug-likeness (QED) is 0.567. The predicted octanol–water partition coefficient (Wildman–Crippen LogP) is 0.571. The molecule has 7 nitrogen and oxygen atoms in total. The molecule has 0 bridgehead atoms. The maximum Gasteiger partial charge on any atom is 0.184 e. The van der Waals surface area contributed by atoms with Crippen LogP contribution in [0.5, 0.6) is 0 Å². The van der Waals surface area contributed by atoms with E-state index < -0.39 is 0 Å². The number of nitrogens with zero attached hydrogens (tertiary/aromatic N) is 7. The van der Waals surface area contributed by atoms with Crippen molar-refractivity contribution in [2.45, 2.75) is 6.54 Å². The van der Waals surface area contributed by atoms with Gasteiger partial charge in [0.25, 0.3) is 0 Å². The number of hydrogen-bond acceptors (Lipinski definition) is 5. The van der Waals surface area contributed by atoms with E-state index in [0.717, 1.165) is 0 Å². The maximum absolute atomic E-state index is 8.66. The molecule has 17 heavy (non-hydrogen) atoms. The van der Waals surface area contributed by atoms with Crippen LogP contribution >= 0.6 is 0 Å². The molecule has 2 rings (SSSR count). The Morgan fingerprint density at radius 2 is 2.29 bits per heavy atom.